The zero-order valence-electron chi connectivity index (χ0n) is 9.95. The molecular formula is C10H14N6O. The van der Waals surface area contributed by atoms with Gasteiger partial charge in [-0.25, -0.2) is 9.48 Å². The third kappa shape index (κ3) is 2.03. The summed E-state index contributed by atoms with van der Waals surface area (Å²) < 4.78 is 3.08. The van der Waals surface area contributed by atoms with Crippen LogP contribution in [0.25, 0.3) is 11.3 Å². The summed E-state index contributed by atoms with van der Waals surface area (Å²) in [7, 11) is 1.62. The minimum absolute atomic E-state index is 0.170. The van der Waals surface area contributed by atoms with Gasteiger partial charge >= 0.3 is 5.69 Å². The van der Waals surface area contributed by atoms with Gasteiger partial charge in [-0.1, -0.05) is 5.21 Å². The fourth-order valence-electron chi connectivity index (χ4n) is 1.41. The summed E-state index contributed by atoms with van der Waals surface area (Å²) in [5.41, 5.74) is 6.54. The first-order valence-corrected chi connectivity index (χ1v) is 5.24. The molecule has 2 heterocycles. The summed E-state index contributed by atoms with van der Waals surface area (Å²) in [6.07, 6.45) is 3.39. The Balaban J connectivity index is 2.52. The monoisotopic (exact) mass is 234 g/mol. The minimum Gasteiger partial charge on any atom is -0.383 e. The molecule has 90 valence electrons. The van der Waals surface area contributed by atoms with Crippen LogP contribution < -0.4 is 11.4 Å². The molecule has 0 radical (unpaired) electrons. The molecule has 0 aliphatic carbocycles. The van der Waals surface area contributed by atoms with Gasteiger partial charge in [-0.05, 0) is 13.8 Å². The Hall–Kier alpha value is -2.18. The molecule has 2 N–H and O–H groups in total. The Morgan fingerprint density at radius 2 is 2.06 bits per heavy atom. The van der Waals surface area contributed by atoms with Crippen LogP contribution >= 0.6 is 0 Å². The molecule has 7 nitrogen and oxygen atoms in total. The standard InChI is InChI=1S/C10H14N6O/c1-6(2)16-5-8(13-14-16)7-4-15(3)10(17)12-9(7)11/h4-6H,1-3H3,(H2,11,12,17). The number of nitrogen functional groups attached to an aromatic ring is 1. The van der Waals surface area contributed by atoms with Gasteiger partial charge in [-0.2, -0.15) is 4.98 Å². The molecule has 0 saturated heterocycles. The van der Waals surface area contributed by atoms with Gasteiger partial charge in [0.05, 0.1) is 11.8 Å². The summed E-state index contributed by atoms with van der Waals surface area (Å²) in [5.74, 6) is 0.170. The van der Waals surface area contributed by atoms with E-state index in [9.17, 15) is 4.79 Å². The second kappa shape index (κ2) is 4.00. The lowest BCUT2D eigenvalue weighted by Gasteiger charge is -2.03. The quantitative estimate of drug-likeness (QED) is 0.801. The second-order valence-corrected chi connectivity index (χ2v) is 4.11. The van der Waals surface area contributed by atoms with E-state index in [-0.39, 0.29) is 17.5 Å². The molecular weight excluding hydrogens is 220 g/mol. The predicted octanol–water partition coefficient (Wildman–Crippen LogP) is 0.202. The first-order valence-electron chi connectivity index (χ1n) is 5.24. The van der Waals surface area contributed by atoms with Crippen molar-refractivity contribution in [3.8, 4) is 11.3 Å². The molecule has 0 aliphatic heterocycles. The van der Waals surface area contributed by atoms with Gasteiger partial charge in [-0.3, -0.25) is 0 Å². The van der Waals surface area contributed by atoms with Crippen LogP contribution in [0.15, 0.2) is 17.2 Å². The van der Waals surface area contributed by atoms with Gasteiger partial charge in [0.15, 0.2) is 0 Å². The number of aromatic nitrogens is 5. The maximum atomic E-state index is 11.3. The fourth-order valence-corrected chi connectivity index (χ4v) is 1.41. The molecule has 17 heavy (non-hydrogen) atoms. The lowest BCUT2D eigenvalue weighted by Crippen LogP contribution is -2.21. The smallest absolute Gasteiger partial charge is 0.349 e. The van der Waals surface area contributed by atoms with Crippen LogP contribution in [0.4, 0.5) is 5.82 Å². The van der Waals surface area contributed by atoms with Crippen molar-refractivity contribution < 1.29 is 0 Å². The largest absolute Gasteiger partial charge is 0.383 e. The van der Waals surface area contributed by atoms with E-state index in [0.717, 1.165) is 0 Å². The molecule has 7 heteroatoms. The molecule has 2 aromatic rings. The van der Waals surface area contributed by atoms with Crippen LogP contribution in [0.2, 0.25) is 0 Å². The van der Waals surface area contributed by atoms with Crippen molar-refractivity contribution in [2.75, 3.05) is 5.73 Å². The molecule has 0 atom stereocenters. The number of nitrogens with zero attached hydrogens (tertiary/aromatic N) is 5. The summed E-state index contributed by atoms with van der Waals surface area (Å²) >= 11 is 0. The first kappa shape index (κ1) is 11.3. The number of nitrogens with two attached hydrogens (primary N) is 1. The van der Waals surface area contributed by atoms with Crippen molar-refractivity contribution in [2.45, 2.75) is 19.9 Å². The van der Waals surface area contributed by atoms with E-state index in [0.29, 0.717) is 11.3 Å². The maximum absolute atomic E-state index is 11.3. The van der Waals surface area contributed by atoms with Gasteiger partial charge in [0.1, 0.15) is 11.5 Å². The van der Waals surface area contributed by atoms with E-state index in [1.807, 2.05) is 13.8 Å². The number of hydrogen-bond acceptors (Lipinski definition) is 5. The highest BCUT2D eigenvalue weighted by Gasteiger charge is 2.11. The minimum atomic E-state index is -0.387. The van der Waals surface area contributed by atoms with E-state index in [4.69, 9.17) is 5.73 Å². The van der Waals surface area contributed by atoms with Crippen LogP contribution in [0.1, 0.15) is 19.9 Å². The third-order valence-corrected chi connectivity index (χ3v) is 2.43. The van der Waals surface area contributed by atoms with Crippen LogP contribution in [-0.2, 0) is 7.05 Å². The molecule has 0 spiro atoms. The lowest BCUT2D eigenvalue weighted by atomic mass is 10.2. The highest BCUT2D eigenvalue weighted by atomic mass is 16.1. The van der Waals surface area contributed by atoms with Crippen LogP contribution in [0, 0.1) is 0 Å². The molecule has 0 saturated carbocycles. The second-order valence-electron chi connectivity index (χ2n) is 4.11. The molecule has 0 amide bonds. The Kier molecular flexibility index (Phi) is 2.66. The Labute approximate surface area is 97.9 Å². The van der Waals surface area contributed by atoms with E-state index >= 15 is 0 Å². The summed E-state index contributed by atoms with van der Waals surface area (Å²) in [5, 5.41) is 8.00. The highest BCUT2D eigenvalue weighted by molar-refractivity contribution is 5.68. The molecule has 2 aromatic heterocycles. The average Bonchev–Trinajstić information content (AvgIpc) is 2.72. The van der Waals surface area contributed by atoms with Crippen LogP contribution in [0.5, 0.6) is 0 Å². The number of rotatable bonds is 2. The lowest BCUT2D eigenvalue weighted by molar-refractivity contribution is 0.514. The molecule has 0 aromatic carbocycles. The predicted molar refractivity (Wildman–Crippen MR) is 63.3 cm³/mol. The van der Waals surface area contributed by atoms with Gasteiger partial charge in [0.2, 0.25) is 0 Å². The van der Waals surface area contributed by atoms with Gasteiger partial charge in [0, 0.05) is 19.3 Å². The van der Waals surface area contributed by atoms with Crippen molar-refractivity contribution in [1.29, 1.82) is 0 Å². The SMILES string of the molecule is CC(C)n1cc(-c2cn(C)c(=O)nc2N)nn1. The van der Waals surface area contributed by atoms with Gasteiger partial charge in [0.25, 0.3) is 0 Å². The van der Waals surface area contributed by atoms with Crippen molar-refractivity contribution in [3.63, 3.8) is 0 Å². The topological polar surface area (TPSA) is 91.6 Å². The number of aryl methyl sites for hydroxylation is 1. The Bertz CT molecular complexity index is 597. The zero-order valence-corrected chi connectivity index (χ0v) is 9.95. The zero-order chi connectivity index (χ0) is 12.6. The van der Waals surface area contributed by atoms with E-state index in [1.54, 1.807) is 24.1 Å². The molecule has 0 fully saturated rings. The average molecular weight is 234 g/mol. The Morgan fingerprint density at radius 3 is 2.65 bits per heavy atom. The normalized spacial score (nSPS) is 11.1. The fraction of sp³-hybridized carbons (Fsp3) is 0.400. The van der Waals surface area contributed by atoms with Crippen molar-refractivity contribution in [1.82, 2.24) is 24.5 Å². The van der Waals surface area contributed by atoms with Gasteiger partial charge < -0.3 is 10.3 Å². The van der Waals surface area contributed by atoms with Crippen LogP contribution in [-0.4, -0.2) is 24.5 Å². The van der Waals surface area contributed by atoms with Gasteiger partial charge in [-0.15, -0.1) is 5.10 Å². The summed E-state index contributed by atoms with van der Waals surface area (Å²) in [6, 6.07) is 0.220. The molecule has 0 aliphatic rings. The third-order valence-electron chi connectivity index (χ3n) is 2.43. The highest BCUT2D eigenvalue weighted by Crippen LogP contribution is 2.20. The van der Waals surface area contributed by atoms with E-state index in [2.05, 4.69) is 15.3 Å². The molecule has 0 unspecified atom stereocenters. The summed E-state index contributed by atoms with van der Waals surface area (Å²) in [6.45, 7) is 4.00. The van der Waals surface area contributed by atoms with Crippen molar-refractivity contribution >= 4 is 5.82 Å². The number of anilines is 1. The molecule has 0 bridgehead atoms. The van der Waals surface area contributed by atoms with E-state index < -0.39 is 0 Å². The summed E-state index contributed by atoms with van der Waals surface area (Å²) in [4.78, 5) is 15.0. The van der Waals surface area contributed by atoms with Crippen molar-refractivity contribution in [2.24, 2.45) is 7.05 Å². The maximum Gasteiger partial charge on any atom is 0.349 e. The Morgan fingerprint density at radius 1 is 1.35 bits per heavy atom. The molecule has 2 rings (SSSR count). The van der Waals surface area contributed by atoms with E-state index in [1.165, 1.54) is 4.57 Å². The van der Waals surface area contributed by atoms with Crippen LogP contribution in [0.3, 0.4) is 0 Å². The number of hydrogen-bond donors (Lipinski definition) is 1. The first-order chi connectivity index (χ1) is 7.99. The van der Waals surface area contributed by atoms with Crippen molar-refractivity contribution in [3.05, 3.63) is 22.9 Å².